The van der Waals surface area contributed by atoms with E-state index in [4.69, 9.17) is 13.9 Å². The van der Waals surface area contributed by atoms with Crippen LogP contribution in [0.5, 0.6) is 0 Å². The summed E-state index contributed by atoms with van der Waals surface area (Å²) in [5, 5.41) is 11.8. The smallest absolute Gasteiger partial charge is 0.325 e. The van der Waals surface area contributed by atoms with Gasteiger partial charge in [0.25, 0.3) is 0 Å². The molecule has 0 aromatic heterocycles. The van der Waals surface area contributed by atoms with Crippen LogP contribution in [0.1, 0.15) is 20.8 Å². The molecule has 0 aromatic rings. The molecule has 0 spiro atoms. The molecular formula is C16H26N2O6Si. The second-order valence-electron chi connectivity index (χ2n) is 8.23. The zero-order valence-corrected chi connectivity index (χ0v) is 16.4. The summed E-state index contributed by atoms with van der Waals surface area (Å²) in [5.74, 6) is -0.137. The lowest BCUT2D eigenvalue weighted by molar-refractivity contribution is -0.137. The first-order valence-electron chi connectivity index (χ1n) is 8.33. The lowest BCUT2D eigenvalue weighted by Crippen LogP contribution is -2.57. The fraction of sp³-hybridized carbons (Fsp3) is 0.750. The van der Waals surface area contributed by atoms with Crippen LogP contribution in [0, 0.1) is 0 Å². The molecule has 8 nitrogen and oxygen atoms in total. The van der Waals surface area contributed by atoms with Gasteiger partial charge in [0.1, 0.15) is 12.3 Å². The van der Waals surface area contributed by atoms with Gasteiger partial charge in [0.2, 0.25) is 5.78 Å². The highest BCUT2D eigenvalue weighted by Gasteiger charge is 2.81. The van der Waals surface area contributed by atoms with Gasteiger partial charge in [-0.2, -0.15) is 0 Å². The molecule has 5 atom stereocenters. The first kappa shape index (κ1) is 18.5. The number of methoxy groups -OCH3 is 1. The predicted molar refractivity (Wildman–Crippen MR) is 91.0 cm³/mol. The van der Waals surface area contributed by atoms with Gasteiger partial charge in [-0.1, -0.05) is 20.8 Å². The van der Waals surface area contributed by atoms with Gasteiger partial charge in [-0.15, -0.1) is 0 Å². The van der Waals surface area contributed by atoms with Gasteiger partial charge in [0.15, 0.2) is 26.3 Å². The minimum atomic E-state index is -2.27. The maximum Gasteiger partial charge on any atom is 0.325 e. The van der Waals surface area contributed by atoms with E-state index < -0.39 is 44.6 Å². The van der Waals surface area contributed by atoms with E-state index in [1.165, 1.54) is 24.3 Å². The summed E-state index contributed by atoms with van der Waals surface area (Å²) < 4.78 is 17.8. The van der Waals surface area contributed by atoms with E-state index in [2.05, 4.69) is 39.2 Å². The van der Waals surface area contributed by atoms with Crippen molar-refractivity contribution >= 4 is 20.1 Å². The number of Topliss-reactive ketones (excluding diaryl/α,β-unsaturated/α-hetero) is 1. The summed E-state index contributed by atoms with van der Waals surface area (Å²) in [5.41, 5.74) is -1.16. The molecular weight excluding hydrogens is 344 g/mol. The van der Waals surface area contributed by atoms with Crippen molar-refractivity contribution in [2.24, 2.45) is 0 Å². The van der Waals surface area contributed by atoms with E-state index in [0.717, 1.165) is 0 Å². The molecule has 3 aliphatic rings. The van der Waals surface area contributed by atoms with Crippen molar-refractivity contribution in [2.75, 3.05) is 7.11 Å². The Hall–Kier alpha value is -1.26. The van der Waals surface area contributed by atoms with Gasteiger partial charge in [-0.3, -0.25) is 9.69 Å². The highest BCUT2D eigenvalue weighted by molar-refractivity contribution is 6.74. The number of hydrogen-bond donors (Lipinski definition) is 2. The average molecular weight is 370 g/mol. The number of fused-ring (bicyclic) bond motifs is 1. The van der Waals surface area contributed by atoms with E-state index in [1.54, 1.807) is 0 Å². The number of amides is 2. The number of nitrogens with one attached hydrogen (secondary N) is 1. The Balaban J connectivity index is 1.88. The van der Waals surface area contributed by atoms with Crippen LogP contribution in [0.2, 0.25) is 18.1 Å². The number of nitrogens with zero attached hydrogens (tertiary/aromatic N) is 1. The third-order valence-electron chi connectivity index (χ3n) is 5.58. The molecule has 2 unspecified atom stereocenters. The van der Waals surface area contributed by atoms with Gasteiger partial charge < -0.3 is 24.3 Å². The highest BCUT2D eigenvalue weighted by Crippen LogP contribution is 2.55. The molecule has 2 N–H and O–H groups in total. The largest absolute Gasteiger partial charge is 0.400 e. The number of aliphatic hydroxyl groups is 1. The van der Waals surface area contributed by atoms with Crippen LogP contribution in [0.4, 0.5) is 4.79 Å². The minimum absolute atomic E-state index is 0.0853. The first-order chi connectivity index (χ1) is 11.5. The number of rotatable bonds is 4. The maximum atomic E-state index is 12.5. The van der Waals surface area contributed by atoms with Gasteiger partial charge >= 0.3 is 6.03 Å². The van der Waals surface area contributed by atoms with Crippen molar-refractivity contribution in [3.8, 4) is 0 Å². The summed E-state index contributed by atoms with van der Waals surface area (Å²) in [4.78, 5) is 25.9. The molecule has 1 saturated heterocycles. The van der Waals surface area contributed by atoms with E-state index in [0.29, 0.717) is 0 Å². The van der Waals surface area contributed by atoms with Gasteiger partial charge in [-0.25, -0.2) is 4.79 Å². The van der Waals surface area contributed by atoms with Crippen molar-refractivity contribution in [1.82, 2.24) is 10.2 Å². The molecule has 2 amide bonds. The molecule has 0 aromatic carbocycles. The second kappa shape index (κ2) is 5.62. The summed E-state index contributed by atoms with van der Waals surface area (Å²) in [6.45, 7) is 10.4. The van der Waals surface area contributed by atoms with Crippen molar-refractivity contribution in [3.05, 3.63) is 12.3 Å². The molecule has 3 rings (SSSR count). The van der Waals surface area contributed by atoms with Crippen molar-refractivity contribution in [1.29, 1.82) is 0 Å². The number of ketones is 1. The van der Waals surface area contributed by atoms with Crippen LogP contribution in [0.3, 0.4) is 0 Å². The fourth-order valence-corrected chi connectivity index (χ4v) is 4.56. The van der Waals surface area contributed by atoms with E-state index in [9.17, 15) is 14.7 Å². The Morgan fingerprint density at radius 3 is 2.52 bits per heavy atom. The van der Waals surface area contributed by atoms with E-state index in [1.807, 2.05) is 0 Å². The lowest BCUT2D eigenvalue weighted by atomic mass is 10.1. The van der Waals surface area contributed by atoms with E-state index >= 15 is 0 Å². The van der Waals surface area contributed by atoms with Crippen molar-refractivity contribution in [2.45, 2.75) is 69.2 Å². The summed E-state index contributed by atoms with van der Waals surface area (Å²) >= 11 is 0. The fourth-order valence-electron chi connectivity index (χ4n) is 3.08. The van der Waals surface area contributed by atoms with E-state index in [-0.39, 0.29) is 10.8 Å². The third-order valence-corrected chi connectivity index (χ3v) is 10.0. The zero-order chi connectivity index (χ0) is 18.8. The number of ether oxygens (including phenoxy) is 2. The zero-order valence-electron chi connectivity index (χ0n) is 15.4. The third kappa shape index (κ3) is 2.65. The minimum Gasteiger partial charge on any atom is -0.400 e. The van der Waals surface area contributed by atoms with Crippen LogP contribution < -0.4 is 5.32 Å². The predicted octanol–water partition coefficient (Wildman–Crippen LogP) is 0.927. The molecule has 2 heterocycles. The van der Waals surface area contributed by atoms with Gasteiger partial charge in [0.05, 0.1) is 0 Å². The molecule has 2 fully saturated rings. The topological polar surface area (TPSA) is 97.3 Å². The normalized spacial score (nSPS) is 38.0. The SMILES string of the molecule is CO[C@H]1[C@H](N2C=CC(O)NC2=O)O[C@@H]2C(=O)C21O[Si](C)(C)C(C)(C)C. The highest BCUT2D eigenvalue weighted by atomic mass is 28.4. The molecule has 9 heteroatoms. The average Bonchev–Trinajstić information content (AvgIpc) is 2.87. The number of carbonyl (C=O) groups is 2. The van der Waals surface area contributed by atoms with Crippen LogP contribution >= 0.6 is 0 Å². The quantitative estimate of drug-likeness (QED) is 0.715. The number of hydrogen-bond acceptors (Lipinski definition) is 6. The van der Waals surface area contributed by atoms with Crippen LogP contribution in [-0.4, -0.2) is 67.5 Å². The summed E-state index contributed by atoms with van der Waals surface area (Å²) in [6.07, 6.45) is -0.435. The Kier molecular flexibility index (Phi) is 4.16. The molecule has 25 heavy (non-hydrogen) atoms. The second-order valence-corrected chi connectivity index (χ2v) is 13.0. The van der Waals surface area contributed by atoms with Crippen LogP contribution in [-0.2, 0) is 18.7 Å². The Morgan fingerprint density at radius 2 is 2.00 bits per heavy atom. The molecule has 0 radical (unpaired) electrons. The Bertz CT molecular complexity index is 631. The van der Waals surface area contributed by atoms with Gasteiger partial charge in [0, 0.05) is 13.3 Å². The summed E-state index contributed by atoms with van der Waals surface area (Å²) in [6, 6.07) is -0.515. The lowest BCUT2D eigenvalue weighted by Gasteiger charge is -2.41. The van der Waals surface area contributed by atoms with Gasteiger partial charge in [-0.05, 0) is 24.2 Å². The monoisotopic (exact) mass is 370 g/mol. The standard InChI is InChI=1S/C16H26N2O6Si/c1-15(2,3)25(5,6)24-16-10(20)11(16)23-13(12(16)22-4)18-8-7-9(19)17-14(18)21/h7-9,11-13,19H,1-6H3,(H,17,21)/t9?,11-,12+,13-,16?/m1/s1. The Labute approximate surface area is 148 Å². The van der Waals surface area contributed by atoms with Crippen LogP contribution in [0.15, 0.2) is 12.3 Å². The van der Waals surface area contributed by atoms with Crippen molar-refractivity contribution < 1.29 is 28.6 Å². The maximum absolute atomic E-state index is 12.5. The number of aliphatic hydroxyl groups excluding tert-OH is 1. The molecule has 1 aliphatic carbocycles. The molecule has 1 saturated carbocycles. The number of carbonyl (C=O) groups excluding carboxylic acids is 2. The molecule has 140 valence electrons. The van der Waals surface area contributed by atoms with Crippen LogP contribution in [0.25, 0.3) is 0 Å². The molecule has 0 bridgehead atoms. The first-order valence-corrected chi connectivity index (χ1v) is 11.2. The summed E-state index contributed by atoms with van der Waals surface area (Å²) in [7, 11) is -0.787. The van der Waals surface area contributed by atoms with Crippen molar-refractivity contribution in [3.63, 3.8) is 0 Å². The molecule has 2 aliphatic heterocycles. The Morgan fingerprint density at radius 1 is 1.36 bits per heavy atom. The number of urea groups is 1.